The number of hydrogen-bond donors (Lipinski definition) is 4. The average molecular weight is 710 g/mol. The van der Waals surface area contributed by atoms with E-state index in [1.165, 1.54) is 12.4 Å². The van der Waals surface area contributed by atoms with E-state index in [-0.39, 0.29) is 35.4 Å². The normalized spacial score (nSPS) is 25.5. The van der Waals surface area contributed by atoms with Gasteiger partial charge in [-0.15, -0.1) is 6.58 Å². The highest BCUT2D eigenvalue weighted by Gasteiger charge is 2.70. The number of piperidine rings is 1. The summed E-state index contributed by atoms with van der Waals surface area (Å²) in [4.78, 5) is 91.7. The molecular formula is C38H59N7O6. The van der Waals surface area contributed by atoms with Crippen LogP contribution in [0.25, 0.3) is 0 Å². The second kappa shape index (κ2) is 15.8. The third kappa shape index (κ3) is 9.13. The fourth-order valence-corrected chi connectivity index (χ4v) is 8.08. The molecule has 13 heteroatoms. The van der Waals surface area contributed by atoms with E-state index in [0.717, 1.165) is 44.9 Å². The summed E-state index contributed by atoms with van der Waals surface area (Å²) in [6.45, 7) is 17.3. The summed E-state index contributed by atoms with van der Waals surface area (Å²) >= 11 is 0. The molecule has 0 spiro atoms. The SMILES string of the molecule is C=CCNC(=O)C(=O)C(CC1CC1)NC(=O)[C@@H]1[C@@H]2[C@H](CN1C(=O)[C@@H](NC(=O)[C@@H](NC(=O)C(C)=NC=NC)C1(C)CCCCC1)C(C)(C)C)C2(C)C. The number of nitrogens with zero attached hydrogens (tertiary/aromatic N) is 3. The maximum absolute atomic E-state index is 14.7. The Morgan fingerprint density at radius 3 is 2.18 bits per heavy atom. The van der Waals surface area contributed by atoms with Crippen molar-refractivity contribution in [2.24, 2.45) is 44.0 Å². The maximum atomic E-state index is 14.7. The van der Waals surface area contributed by atoms with Gasteiger partial charge < -0.3 is 26.2 Å². The lowest BCUT2D eigenvalue weighted by atomic mass is 9.70. The van der Waals surface area contributed by atoms with Crippen LogP contribution < -0.4 is 21.3 Å². The number of amides is 5. The second-order valence-corrected chi connectivity index (χ2v) is 17.0. The lowest BCUT2D eigenvalue weighted by Gasteiger charge is -2.42. The Balaban J connectivity index is 1.60. The van der Waals surface area contributed by atoms with Crippen LogP contribution in [-0.2, 0) is 28.8 Å². The minimum atomic E-state index is -1.02. The zero-order valence-electron chi connectivity index (χ0n) is 31.8. The van der Waals surface area contributed by atoms with Gasteiger partial charge in [0.1, 0.15) is 30.2 Å². The van der Waals surface area contributed by atoms with Crippen LogP contribution in [0.4, 0.5) is 0 Å². The third-order valence-electron chi connectivity index (χ3n) is 11.6. The number of ketones is 1. The van der Waals surface area contributed by atoms with Crippen LogP contribution in [0.5, 0.6) is 0 Å². The summed E-state index contributed by atoms with van der Waals surface area (Å²) in [6, 6.07) is -3.85. The molecule has 6 atom stereocenters. The smallest absolute Gasteiger partial charge is 0.289 e. The summed E-state index contributed by atoms with van der Waals surface area (Å²) in [6.07, 6.45) is 9.27. The monoisotopic (exact) mass is 709 g/mol. The molecule has 13 nitrogen and oxygen atoms in total. The van der Waals surface area contributed by atoms with Gasteiger partial charge in [-0.2, -0.15) is 0 Å². The number of likely N-dealkylation sites (tertiary alicyclic amines) is 1. The predicted molar refractivity (Wildman–Crippen MR) is 196 cm³/mol. The molecule has 0 aromatic carbocycles. The molecule has 3 aliphatic carbocycles. The molecule has 4 aliphatic rings. The first-order chi connectivity index (χ1) is 23.9. The van der Waals surface area contributed by atoms with E-state index in [0.29, 0.717) is 13.0 Å². The van der Waals surface area contributed by atoms with E-state index >= 15 is 0 Å². The highest BCUT2D eigenvalue weighted by molar-refractivity contribution is 6.39. The van der Waals surface area contributed by atoms with Crippen LogP contribution >= 0.6 is 0 Å². The van der Waals surface area contributed by atoms with E-state index in [2.05, 4.69) is 51.7 Å². The zero-order chi connectivity index (χ0) is 37.9. The van der Waals surface area contributed by atoms with Crippen LogP contribution in [0.1, 0.15) is 99.8 Å². The molecule has 4 rings (SSSR count). The maximum Gasteiger partial charge on any atom is 0.289 e. The van der Waals surface area contributed by atoms with Crippen LogP contribution in [0.15, 0.2) is 22.6 Å². The largest absolute Gasteiger partial charge is 0.346 e. The Labute approximate surface area is 302 Å². The van der Waals surface area contributed by atoms with Crippen molar-refractivity contribution in [2.45, 2.75) is 124 Å². The van der Waals surface area contributed by atoms with Crippen molar-refractivity contribution in [1.29, 1.82) is 0 Å². The Bertz CT molecular complexity index is 1450. The van der Waals surface area contributed by atoms with Gasteiger partial charge >= 0.3 is 0 Å². The van der Waals surface area contributed by atoms with Gasteiger partial charge in [0.25, 0.3) is 11.8 Å². The topological polar surface area (TPSA) is 178 Å². The summed E-state index contributed by atoms with van der Waals surface area (Å²) in [5.74, 6) is -3.18. The standard InChI is InChI=1S/C38H59N7O6/c1-10-18-40-33(49)28(46)25(19-23-14-15-23)42-32(48)27-26-24(37(26,6)7)20-45(27)35(51)30(36(3,4)5)44-34(50)29(38(8)16-12-11-13-17-38)43-31(47)22(2)41-21-39-9/h10,21,23-27,29-30H,1,11-20H2,2-9H3,(H,40,49)(H,42,48)(H,43,47)(H,44,50)/t24-,25?,26-,27-,29+,30+/m0/s1. The van der Waals surface area contributed by atoms with Gasteiger partial charge in [-0.05, 0) is 60.2 Å². The molecule has 1 heterocycles. The number of nitrogens with one attached hydrogen (secondary N) is 4. The second-order valence-electron chi connectivity index (χ2n) is 17.0. The predicted octanol–water partition coefficient (Wildman–Crippen LogP) is 2.73. The number of hydrogen-bond acceptors (Lipinski definition) is 7. The lowest BCUT2D eigenvalue weighted by molar-refractivity contribution is -0.147. The van der Waals surface area contributed by atoms with Crippen LogP contribution in [-0.4, -0.2) is 96.6 Å². The van der Waals surface area contributed by atoms with Crippen molar-refractivity contribution < 1.29 is 28.8 Å². The van der Waals surface area contributed by atoms with Crippen molar-refractivity contribution in [3.05, 3.63) is 12.7 Å². The van der Waals surface area contributed by atoms with Crippen molar-refractivity contribution in [3.63, 3.8) is 0 Å². The molecule has 0 aromatic rings. The number of rotatable bonds is 15. The van der Waals surface area contributed by atoms with E-state index in [9.17, 15) is 28.8 Å². The van der Waals surface area contributed by atoms with Crippen LogP contribution in [0, 0.1) is 34.0 Å². The van der Waals surface area contributed by atoms with Gasteiger partial charge in [0.15, 0.2) is 0 Å². The van der Waals surface area contributed by atoms with Crippen molar-refractivity contribution in [2.75, 3.05) is 20.1 Å². The average Bonchev–Trinajstić information content (AvgIpc) is 3.93. The summed E-state index contributed by atoms with van der Waals surface area (Å²) < 4.78 is 0. The molecule has 5 amide bonds. The van der Waals surface area contributed by atoms with E-state index < -0.39 is 70.3 Å². The fourth-order valence-electron chi connectivity index (χ4n) is 8.08. The minimum absolute atomic E-state index is 0.0594. The molecule has 4 fully saturated rings. The third-order valence-corrected chi connectivity index (χ3v) is 11.6. The molecular weight excluding hydrogens is 650 g/mol. The Morgan fingerprint density at radius 1 is 0.961 bits per heavy atom. The summed E-state index contributed by atoms with van der Waals surface area (Å²) in [5.41, 5.74) is -1.36. The number of Topliss-reactive ketones (excluding diaryl/α,β-unsaturated/α-hetero) is 1. The van der Waals surface area contributed by atoms with Gasteiger partial charge in [-0.1, -0.05) is 79.7 Å². The van der Waals surface area contributed by atoms with E-state index in [1.807, 2.05) is 27.7 Å². The first kappa shape index (κ1) is 39.9. The molecule has 51 heavy (non-hydrogen) atoms. The Hall–Kier alpha value is -3.90. The van der Waals surface area contributed by atoms with Crippen molar-refractivity contribution in [1.82, 2.24) is 26.2 Å². The van der Waals surface area contributed by atoms with Crippen molar-refractivity contribution in [3.8, 4) is 0 Å². The van der Waals surface area contributed by atoms with Crippen LogP contribution in [0.3, 0.4) is 0 Å². The zero-order valence-corrected chi connectivity index (χ0v) is 31.8. The quantitative estimate of drug-likeness (QED) is 0.0879. The van der Waals surface area contributed by atoms with Crippen LogP contribution in [0.2, 0.25) is 0 Å². The van der Waals surface area contributed by atoms with Crippen molar-refractivity contribution >= 4 is 47.4 Å². The Morgan fingerprint density at radius 2 is 1.61 bits per heavy atom. The molecule has 4 N–H and O–H groups in total. The van der Waals surface area contributed by atoms with Gasteiger partial charge in [0.05, 0.1) is 6.04 Å². The lowest BCUT2D eigenvalue weighted by Crippen LogP contribution is -2.64. The van der Waals surface area contributed by atoms with Gasteiger partial charge in [-0.3, -0.25) is 33.8 Å². The minimum Gasteiger partial charge on any atom is -0.346 e. The molecule has 1 saturated heterocycles. The molecule has 1 unspecified atom stereocenters. The summed E-state index contributed by atoms with van der Waals surface area (Å²) in [7, 11) is 1.55. The highest BCUT2D eigenvalue weighted by atomic mass is 16.2. The van der Waals surface area contributed by atoms with Gasteiger partial charge in [-0.25, -0.2) is 4.99 Å². The van der Waals surface area contributed by atoms with E-state index in [1.54, 1.807) is 18.9 Å². The molecule has 282 valence electrons. The van der Waals surface area contributed by atoms with Gasteiger partial charge in [0, 0.05) is 20.1 Å². The molecule has 1 aliphatic heterocycles. The molecule has 0 bridgehead atoms. The summed E-state index contributed by atoms with van der Waals surface area (Å²) in [5, 5.41) is 11.3. The molecule has 0 aromatic heterocycles. The number of fused-ring (bicyclic) bond motifs is 1. The molecule has 0 radical (unpaired) electrons. The number of carbonyl (C=O) groups excluding carboxylic acids is 6. The van der Waals surface area contributed by atoms with Gasteiger partial charge in [0.2, 0.25) is 23.5 Å². The number of aliphatic imine (C=N–C) groups is 2. The number of carbonyl (C=O) groups is 6. The molecule has 3 saturated carbocycles. The fraction of sp³-hybridized carbons (Fsp3) is 0.737. The first-order valence-corrected chi connectivity index (χ1v) is 18.5. The van der Waals surface area contributed by atoms with E-state index in [4.69, 9.17) is 0 Å². The Kier molecular flexibility index (Phi) is 12.3. The highest BCUT2D eigenvalue weighted by Crippen LogP contribution is 2.65. The first-order valence-electron chi connectivity index (χ1n) is 18.5.